The summed E-state index contributed by atoms with van der Waals surface area (Å²) in [4.78, 5) is 17.0. The highest BCUT2D eigenvalue weighted by Crippen LogP contribution is 2.12. The molecule has 1 N–H and O–H groups in total. The zero-order valence-electron chi connectivity index (χ0n) is 8.56. The number of rotatable bonds is 5. The van der Waals surface area contributed by atoms with Crippen LogP contribution in [0.1, 0.15) is 13.3 Å². The summed E-state index contributed by atoms with van der Waals surface area (Å²) in [6, 6.07) is -0.552. The minimum Gasteiger partial charge on any atom is -0.480 e. The fraction of sp³-hybridized carbons (Fsp3) is 0.778. The van der Waals surface area contributed by atoms with E-state index in [1.165, 1.54) is 0 Å². The first-order valence-corrected chi connectivity index (χ1v) is 6.11. The zero-order valence-corrected chi connectivity index (χ0v) is 9.38. The lowest BCUT2D eigenvalue weighted by Gasteiger charge is -2.18. The van der Waals surface area contributed by atoms with Crippen LogP contribution < -0.4 is 0 Å². The number of carbonyl (C=O) groups is 1. The molecule has 5 heteroatoms. The molecule has 0 fully saturated rings. The van der Waals surface area contributed by atoms with Crippen LogP contribution in [0.4, 0.5) is 0 Å². The molecule has 80 valence electrons. The molecule has 0 spiro atoms. The van der Waals surface area contributed by atoms with Crippen LogP contribution in [0.25, 0.3) is 0 Å². The fourth-order valence-corrected chi connectivity index (χ4v) is 2.01. The molecule has 1 rings (SSSR count). The number of aliphatic imine (C=N–C) groups is 1. The van der Waals surface area contributed by atoms with E-state index >= 15 is 0 Å². The topological polar surface area (TPSA) is 52.9 Å². The molecular weight excluding hydrogens is 200 g/mol. The summed E-state index contributed by atoms with van der Waals surface area (Å²) in [5.74, 6) is 0.929. The second-order valence-corrected chi connectivity index (χ2v) is 4.14. The second kappa shape index (κ2) is 5.24. The van der Waals surface area contributed by atoms with Crippen LogP contribution in [0.15, 0.2) is 4.99 Å². The van der Waals surface area contributed by atoms with Gasteiger partial charge in [0.05, 0.1) is 12.3 Å². The summed E-state index contributed by atoms with van der Waals surface area (Å²) in [5, 5.41) is 8.84. The van der Waals surface area contributed by atoms with Crippen molar-refractivity contribution in [1.29, 1.82) is 0 Å². The highest BCUT2D eigenvalue weighted by atomic mass is 32.2. The normalized spacial score (nSPS) is 21.1. The Bertz CT molecular complexity index is 243. The summed E-state index contributed by atoms with van der Waals surface area (Å²) in [5.41, 5.74) is 0. The van der Waals surface area contributed by atoms with E-state index in [1.807, 2.05) is 6.26 Å². The summed E-state index contributed by atoms with van der Waals surface area (Å²) < 4.78 is 0. The molecular formula is C9H16N2O2S. The second-order valence-electron chi connectivity index (χ2n) is 3.28. The third-order valence-corrected chi connectivity index (χ3v) is 2.66. The number of amidine groups is 1. The number of carboxylic acid groups (broad SMARTS) is 1. The number of carboxylic acids is 1. The van der Waals surface area contributed by atoms with Gasteiger partial charge in [0.1, 0.15) is 5.84 Å². The Morgan fingerprint density at radius 3 is 3.00 bits per heavy atom. The lowest BCUT2D eigenvalue weighted by molar-refractivity contribution is -0.138. The molecule has 4 nitrogen and oxygen atoms in total. The maximum atomic E-state index is 10.8. The fourth-order valence-electron chi connectivity index (χ4n) is 1.50. The Hall–Kier alpha value is -0.710. The molecule has 0 amide bonds. The van der Waals surface area contributed by atoms with Gasteiger partial charge in [-0.2, -0.15) is 11.8 Å². The largest absolute Gasteiger partial charge is 0.480 e. The third-order valence-electron chi connectivity index (χ3n) is 2.12. The van der Waals surface area contributed by atoms with Crippen LogP contribution in [0, 0.1) is 0 Å². The standard InChI is InChI=1S/C9H16N2O2S/c1-3-4-11-5-7(9(12)13)10-8(11)6-14-2/h7H,3-6H2,1-2H3,(H,12,13). The average Bonchev–Trinajstić information content (AvgIpc) is 2.50. The number of hydrogen-bond acceptors (Lipinski definition) is 4. The van der Waals surface area contributed by atoms with Gasteiger partial charge in [-0.05, 0) is 12.7 Å². The molecule has 14 heavy (non-hydrogen) atoms. The van der Waals surface area contributed by atoms with Gasteiger partial charge in [0.2, 0.25) is 0 Å². The van der Waals surface area contributed by atoms with E-state index in [-0.39, 0.29) is 0 Å². The summed E-state index contributed by atoms with van der Waals surface area (Å²) in [6.45, 7) is 3.53. The van der Waals surface area contributed by atoms with Gasteiger partial charge in [0, 0.05) is 6.54 Å². The maximum absolute atomic E-state index is 10.8. The quantitative estimate of drug-likeness (QED) is 0.742. The van der Waals surface area contributed by atoms with Crippen molar-refractivity contribution in [2.45, 2.75) is 19.4 Å². The van der Waals surface area contributed by atoms with Crippen molar-refractivity contribution < 1.29 is 9.90 Å². The Balaban J connectivity index is 2.62. The first kappa shape index (κ1) is 11.4. The predicted octanol–water partition coefficient (Wildman–Crippen LogP) is 0.927. The van der Waals surface area contributed by atoms with Crippen LogP contribution in [0.5, 0.6) is 0 Å². The molecule has 1 aliphatic rings. The first-order chi connectivity index (χ1) is 6.69. The van der Waals surface area contributed by atoms with Crippen LogP contribution in [-0.2, 0) is 4.79 Å². The number of nitrogens with zero attached hydrogens (tertiary/aromatic N) is 2. The number of hydrogen-bond donors (Lipinski definition) is 1. The van der Waals surface area contributed by atoms with Gasteiger partial charge in [-0.3, -0.25) is 4.99 Å². The molecule has 1 unspecified atom stereocenters. The predicted molar refractivity (Wildman–Crippen MR) is 59.1 cm³/mol. The van der Waals surface area contributed by atoms with E-state index in [4.69, 9.17) is 5.11 Å². The molecule has 0 aliphatic carbocycles. The van der Waals surface area contributed by atoms with Crippen LogP contribution in [0.3, 0.4) is 0 Å². The van der Waals surface area contributed by atoms with Gasteiger partial charge < -0.3 is 10.0 Å². The summed E-state index contributed by atoms with van der Waals surface area (Å²) in [6.07, 6.45) is 3.03. The number of thioether (sulfide) groups is 1. The molecule has 0 saturated heterocycles. The van der Waals surface area contributed by atoms with Crippen molar-refractivity contribution in [3.63, 3.8) is 0 Å². The highest BCUT2D eigenvalue weighted by molar-refractivity contribution is 7.99. The van der Waals surface area contributed by atoms with E-state index < -0.39 is 12.0 Å². The Kier molecular flexibility index (Phi) is 4.25. The monoisotopic (exact) mass is 216 g/mol. The smallest absolute Gasteiger partial charge is 0.330 e. The SMILES string of the molecule is CCCN1CC(C(=O)O)N=C1CSC. The minimum atomic E-state index is -0.817. The molecule has 0 aromatic rings. The lowest BCUT2D eigenvalue weighted by atomic mass is 10.3. The van der Waals surface area contributed by atoms with E-state index in [0.29, 0.717) is 6.54 Å². The molecule has 0 saturated carbocycles. The Labute approximate surface area is 88.4 Å². The molecule has 1 aliphatic heterocycles. The van der Waals surface area contributed by atoms with Gasteiger partial charge >= 0.3 is 5.97 Å². The highest BCUT2D eigenvalue weighted by Gasteiger charge is 2.28. The number of aliphatic carboxylic acids is 1. The van der Waals surface area contributed by atoms with E-state index in [0.717, 1.165) is 24.6 Å². The Morgan fingerprint density at radius 2 is 2.50 bits per heavy atom. The van der Waals surface area contributed by atoms with Crippen molar-refractivity contribution in [3.8, 4) is 0 Å². The average molecular weight is 216 g/mol. The summed E-state index contributed by atoms with van der Waals surface area (Å²) in [7, 11) is 0. The van der Waals surface area contributed by atoms with Crippen molar-refractivity contribution in [3.05, 3.63) is 0 Å². The lowest BCUT2D eigenvalue weighted by Crippen LogP contribution is -2.33. The molecule has 0 radical (unpaired) electrons. The third kappa shape index (κ3) is 2.64. The zero-order chi connectivity index (χ0) is 10.6. The van der Waals surface area contributed by atoms with Crippen LogP contribution in [0.2, 0.25) is 0 Å². The van der Waals surface area contributed by atoms with E-state index in [2.05, 4.69) is 16.8 Å². The van der Waals surface area contributed by atoms with Gasteiger partial charge in [-0.25, -0.2) is 4.79 Å². The van der Waals surface area contributed by atoms with Crippen molar-refractivity contribution in [1.82, 2.24) is 4.90 Å². The van der Waals surface area contributed by atoms with E-state index in [1.54, 1.807) is 11.8 Å². The molecule has 1 heterocycles. The van der Waals surface area contributed by atoms with Crippen LogP contribution >= 0.6 is 11.8 Å². The van der Waals surface area contributed by atoms with Gasteiger partial charge in [0.15, 0.2) is 6.04 Å². The van der Waals surface area contributed by atoms with Crippen molar-refractivity contribution in [2.24, 2.45) is 4.99 Å². The van der Waals surface area contributed by atoms with Crippen LogP contribution in [-0.4, -0.2) is 53.0 Å². The van der Waals surface area contributed by atoms with Gasteiger partial charge in [-0.15, -0.1) is 0 Å². The molecule has 0 aromatic carbocycles. The summed E-state index contributed by atoms with van der Waals surface area (Å²) >= 11 is 1.68. The molecule has 1 atom stereocenters. The first-order valence-electron chi connectivity index (χ1n) is 4.72. The maximum Gasteiger partial charge on any atom is 0.330 e. The van der Waals surface area contributed by atoms with Crippen molar-refractivity contribution >= 4 is 23.6 Å². The molecule has 0 bridgehead atoms. The van der Waals surface area contributed by atoms with Gasteiger partial charge in [-0.1, -0.05) is 6.92 Å². The van der Waals surface area contributed by atoms with Crippen molar-refractivity contribution in [2.75, 3.05) is 25.1 Å². The van der Waals surface area contributed by atoms with E-state index in [9.17, 15) is 4.79 Å². The van der Waals surface area contributed by atoms with Gasteiger partial charge in [0.25, 0.3) is 0 Å². The Morgan fingerprint density at radius 1 is 1.79 bits per heavy atom. The minimum absolute atomic E-state index is 0.541. The molecule has 0 aromatic heterocycles.